The minimum absolute atomic E-state index is 0.152. The summed E-state index contributed by atoms with van der Waals surface area (Å²) in [6.07, 6.45) is 3.53. The molecule has 0 saturated carbocycles. The van der Waals surface area contributed by atoms with Crippen LogP contribution < -0.4 is 10.5 Å². The SMILES string of the molecule is Cc1cc2c(-c3ccc(Cl)cc3F)nc(N3CCOC(c4cnn(C)c4)C3)cc2c(=O)n1C. The van der Waals surface area contributed by atoms with Gasteiger partial charge in [0.15, 0.2) is 0 Å². The zero-order valence-electron chi connectivity index (χ0n) is 18.5. The quantitative estimate of drug-likeness (QED) is 0.455. The molecule has 0 amide bonds. The highest BCUT2D eigenvalue weighted by molar-refractivity contribution is 6.30. The first-order chi connectivity index (χ1) is 15.8. The van der Waals surface area contributed by atoms with E-state index in [1.807, 2.05) is 26.2 Å². The Morgan fingerprint density at radius 1 is 1.18 bits per heavy atom. The predicted molar refractivity (Wildman–Crippen MR) is 126 cm³/mol. The molecule has 1 aromatic carbocycles. The second-order valence-electron chi connectivity index (χ2n) is 8.32. The number of hydrogen-bond acceptors (Lipinski definition) is 5. The molecule has 33 heavy (non-hydrogen) atoms. The summed E-state index contributed by atoms with van der Waals surface area (Å²) in [5.41, 5.74) is 2.30. The topological polar surface area (TPSA) is 65.2 Å². The van der Waals surface area contributed by atoms with Gasteiger partial charge in [0.25, 0.3) is 5.56 Å². The van der Waals surface area contributed by atoms with Gasteiger partial charge in [-0.1, -0.05) is 11.6 Å². The molecular formula is C24H23ClFN5O2. The third kappa shape index (κ3) is 3.89. The number of halogens is 2. The molecule has 0 N–H and O–H groups in total. The molecule has 4 aromatic rings. The third-order valence-corrected chi connectivity index (χ3v) is 6.37. The highest BCUT2D eigenvalue weighted by Crippen LogP contribution is 2.33. The lowest BCUT2D eigenvalue weighted by atomic mass is 10.0. The standard InChI is InChI=1S/C24H23ClFN5O2/c1-14-8-18-19(24(32)30(14)3)10-22(28-23(18)17-5-4-16(25)9-20(17)26)31-6-7-33-21(13-31)15-11-27-29(2)12-15/h4-5,8-12,21H,6-7,13H2,1-3H3. The Labute approximate surface area is 195 Å². The minimum Gasteiger partial charge on any atom is -0.370 e. The summed E-state index contributed by atoms with van der Waals surface area (Å²) in [4.78, 5) is 20.1. The van der Waals surface area contributed by atoms with E-state index in [-0.39, 0.29) is 11.7 Å². The van der Waals surface area contributed by atoms with Gasteiger partial charge in [-0.2, -0.15) is 5.10 Å². The predicted octanol–water partition coefficient (Wildman–Crippen LogP) is 4.01. The highest BCUT2D eigenvalue weighted by atomic mass is 35.5. The van der Waals surface area contributed by atoms with Crippen molar-refractivity contribution in [1.29, 1.82) is 0 Å². The Balaban J connectivity index is 1.67. The second-order valence-corrected chi connectivity index (χ2v) is 8.75. The van der Waals surface area contributed by atoms with Gasteiger partial charge in [-0.05, 0) is 37.3 Å². The molecular weight excluding hydrogens is 445 g/mol. The number of rotatable bonds is 3. The van der Waals surface area contributed by atoms with E-state index in [0.717, 1.165) is 11.3 Å². The molecule has 0 bridgehead atoms. The average molecular weight is 468 g/mol. The summed E-state index contributed by atoms with van der Waals surface area (Å²) >= 11 is 5.98. The van der Waals surface area contributed by atoms with E-state index < -0.39 is 5.82 Å². The summed E-state index contributed by atoms with van der Waals surface area (Å²) in [5, 5.41) is 5.64. The Morgan fingerprint density at radius 2 is 2.00 bits per heavy atom. The van der Waals surface area contributed by atoms with Gasteiger partial charge in [-0.15, -0.1) is 0 Å². The van der Waals surface area contributed by atoms with Crippen LogP contribution in [-0.2, 0) is 18.8 Å². The Morgan fingerprint density at radius 3 is 2.73 bits per heavy atom. The van der Waals surface area contributed by atoms with Crippen LogP contribution in [0.1, 0.15) is 17.4 Å². The number of aryl methyl sites for hydroxylation is 2. The first kappa shape index (κ1) is 21.6. The number of hydrogen-bond donors (Lipinski definition) is 0. The van der Waals surface area contributed by atoms with Crippen LogP contribution in [0.3, 0.4) is 0 Å². The van der Waals surface area contributed by atoms with Crippen molar-refractivity contribution in [1.82, 2.24) is 19.3 Å². The maximum Gasteiger partial charge on any atom is 0.258 e. The van der Waals surface area contributed by atoms with Crippen molar-refractivity contribution in [2.45, 2.75) is 13.0 Å². The zero-order valence-corrected chi connectivity index (χ0v) is 19.3. The van der Waals surface area contributed by atoms with Gasteiger partial charge in [-0.3, -0.25) is 9.48 Å². The molecule has 1 aliphatic rings. The molecule has 170 valence electrons. The summed E-state index contributed by atoms with van der Waals surface area (Å²) < 4.78 is 24.2. The van der Waals surface area contributed by atoms with Gasteiger partial charge in [0.2, 0.25) is 0 Å². The number of pyridine rings is 2. The average Bonchev–Trinajstić information content (AvgIpc) is 3.24. The summed E-state index contributed by atoms with van der Waals surface area (Å²) in [6.45, 7) is 3.48. The molecule has 5 rings (SSSR count). The van der Waals surface area contributed by atoms with E-state index in [9.17, 15) is 9.18 Å². The molecule has 0 spiro atoms. The lowest BCUT2D eigenvalue weighted by molar-refractivity contribution is 0.0395. The van der Waals surface area contributed by atoms with Crippen molar-refractivity contribution in [3.63, 3.8) is 0 Å². The molecule has 0 aliphatic carbocycles. The molecule has 9 heteroatoms. The Hall–Kier alpha value is -3.23. The van der Waals surface area contributed by atoms with Crippen molar-refractivity contribution >= 4 is 28.2 Å². The van der Waals surface area contributed by atoms with Gasteiger partial charge in [0, 0.05) is 60.6 Å². The van der Waals surface area contributed by atoms with Gasteiger partial charge in [0.1, 0.15) is 17.7 Å². The molecule has 1 fully saturated rings. The van der Waals surface area contributed by atoms with E-state index in [4.69, 9.17) is 21.3 Å². The van der Waals surface area contributed by atoms with E-state index in [0.29, 0.717) is 52.6 Å². The number of ether oxygens (including phenoxy) is 1. The molecule has 1 unspecified atom stereocenters. The van der Waals surface area contributed by atoms with Crippen LogP contribution in [0.5, 0.6) is 0 Å². The number of aromatic nitrogens is 4. The monoisotopic (exact) mass is 467 g/mol. The second kappa shape index (κ2) is 8.28. The molecule has 0 radical (unpaired) electrons. The summed E-state index contributed by atoms with van der Waals surface area (Å²) in [7, 11) is 3.59. The van der Waals surface area contributed by atoms with Gasteiger partial charge < -0.3 is 14.2 Å². The Bertz CT molecular complexity index is 1430. The van der Waals surface area contributed by atoms with Crippen molar-refractivity contribution in [2.24, 2.45) is 14.1 Å². The van der Waals surface area contributed by atoms with Crippen LogP contribution in [0.4, 0.5) is 10.2 Å². The lowest BCUT2D eigenvalue weighted by Crippen LogP contribution is -2.39. The van der Waals surface area contributed by atoms with E-state index in [1.165, 1.54) is 6.07 Å². The van der Waals surface area contributed by atoms with Crippen LogP contribution in [0.2, 0.25) is 5.02 Å². The largest absolute Gasteiger partial charge is 0.370 e. The van der Waals surface area contributed by atoms with E-state index in [1.54, 1.807) is 40.7 Å². The number of fused-ring (bicyclic) bond motifs is 1. The fourth-order valence-electron chi connectivity index (χ4n) is 4.23. The van der Waals surface area contributed by atoms with Gasteiger partial charge in [-0.25, -0.2) is 9.37 Å². The molecule has 1 saturated heterocycles. The van der Waals surface area contributed by atoms with Crippen LogP contribution in [0.15, 0.2) is 47.5 Å². The van der Waals surface area contributed by atoms with Crippen LogP contribution in [-0.4, -0.2) is 39.0 Å². The van der Waals surface area contributed by atoms with Crippen molar-refractivity contribution in [3.8, 4) is 11.3 Å². The van der Waals surface area contributed by atoms with Crippen LogP contribution in [0, 0.1) is 12.7 Å². The van der Waals surface area contributed by atoms with Gasteiger partial charge >= 0.3 is 0 Å². The summed E-state index contributed by atoms with van der Waals surface area (Å²) in [6, 6.07) is 8.15. The molecule has 1 atom stereocenters. The molecule has 3 aromatic heterocycles. The normalized spacial score (nSPS) is 16.5. The highest BCUT2D eigenvalue weighted by Gasteiger charge is 2.26. The minimum atomic E-state index is -0.484. The number of benzene rings is 1. The Kier molecular flexibility index (Phi) is 5.42. The van der Waals surface area contributed by atoms with Crippen molar-refractivity contribution in [2.75, 3.05) is 24.6 Å². The summed E-state index contributed by atoms with van der Waals surface area (Å²) in [5.74, 6) is 0.118. The first-order valence-corrected chi connectivity index (χ1v) is 11.0. The van der Waals surface area contributed by atoms with Gasteiger partial charge in [0.05, 0.1) is 23.9 Å². The molecule has 7 nitrogen and oxygen atoms in total. The van der Waals surface area contributed by atoms with Crippen molar-refractivity contribution in [3.05, 3.63) is 75.2 Å². The molecule has 4 heterocycles. The van der Waals surface area contributed by atoms with E-state index >= 15 is 0 Å². The number of anilines is 1. The zero-order chi connectivity index (χ0) is 23.3. The smallest absolute Gasteiger partial charge is 0.258 e. The van der Waals surface area contributed by atoms with Crippen LogP contribution in [0.25, 0.3) is 22.0 Å². The van der Waals surface area contributed by atoms with Crippen molar-refractivity contribution < 1.29 is 9.13 Å². The molecule has 1 aliphatic heterocycles. The van der Waals surface area contributed by atoms with E-state index in [2.05, 4.69) is 10.00 Å². The fraction of sp³-hybridized carbons (Fsp3) is 0.292. The number of morpholine rings is 1. The number of nitrogens with zero attached hydrogens (tertiary/aromatic N) is 5. The maximum atomic E-state index is 15.0. The van der Waals surface area contributed by atoms with Crippen LogP contribution >= 0.6 is 11.6 Å². The first-order valence-electron chi connectivity index (χ1n) is 10.6. The maximum absolute atomic E-state index is 15.0. The third-order valence-electron chi connectivity index (χ3n) is 6.14. The fourth-order valence-corrected chi connectivity index (χ4v) is 4.38. The lowest BCUT2D eigenvalue weighted by Gasteiger charge is -2.33.